The summed E-state index contributed by atoms with van der Waals surface area (Å²) in [6, 6.07) is 16.4. The number of rotatable bonds is 7. The van der Waals surface area contributed by atoms with Crippen molar-refractivity contribution in [2.75, 3.05) is 20.1 Å². The van der Waals surface area contributed by atoms with Gasteiger partial charge in [-0.25, -0.2) is 0 Å². The zero-order valence-corrected chi connectivity index (χ0v) is 16.9. The second-order valence-corrected chi connectivity index (χ2v) is 7.19. The highest BCUT2D eigenvalue weighted by molar-refractivity contribution is 5.93. The molecule has 0 atom stereocenters. The second kappa shape index (κ2) is 8.80. The maximum Gasteiger partial charge on any atom is 0.273 e. The summed E-state index contributed by atoms with van der Waals surface area (Å²) < 4.78 is 0. The summed E-state index contributed by atoms with van der Waals surface area (Å²) in [6.45, 7) is 8.03. The molecule has 6 heteroatoms. The molecule has 1 amide bonds. The van der Waals surface area contributed by atoms with Crippen LogP contribution in [0, 0.1) is 20.8 Å². The van der Waals surface area contributed by atoms with Crippen LogP contribution in [0.1, 0.15) is 32.9 Å². The van der Waals surface area contributed by atoms with Crippen LogP contribution in [-0.4, -0.2) is 45.9 Å². The molecule has 3 aromatic rings. The highest BCUT2D eigenvalue weighted by Gasteiger charge is 2.17. The number of aryl methyl sites for hydroxylation is 3. The lowest BCUT2D eigenvalue weighted by molar-refractivity contribution is 0.0943. The van der Waals surface area contributed by atoms with E-state index in [1.54, 1.807) is 4.80 Å². The van der Waals surface area contributed by atoms with Gasteiger partial charge in [-0.05, 0) is 45.0 Å². The first-order valence-corrected chi connectivity index (χ1v) is 9.46. The van der Waals surface area contributed by atoms with Crippen molar-refractivity contribution in [3.63, 3.8) is 0 Å². The highest BCUT2D eigenvalue weighted by atomic mass is 16.2. The van der Waals surface area contributed by atoms with E-state index in [9.17, 15) is 4.79 Å². The van der Waals surface area contributed by atoms with Crippen molar-refractivity contribution in [2.24, 2.45) is 0 Å². The van der Waals surface area contributed by atoms with Crippen LogP contribution in [0.4, 0.5) is 0 Å². The first kappa shape index (κ1) is 19.8. The second-order valence-electron chi connectivity index (χ2n) is 7.19. The zero-order chi connectivity index (χ0) is 20.1. The van der Waals surface area contributed by atoms with Gasteiger partial charge >= 0.3 is 0 Å². The van der Waals surface area contributed by atoms with E-state index in [0.717, 1.165) is 24.3 Å². The molecule has 1 aromatic heterocycles. The Labute approximate surface area is 166 Å². The third-order valence-corrected chi connectivity index (χ3v) is 4.64. The van der Waals surface area contributed by atoms with E-state index in [1.807, 2.05) is 58.2 Å². The maximum absolute atomic E-state index is 12.5. The van der Waals surface area contributed by atoms with Crippen LogP contribution in [0.5, 0.6) is 0 Å². The Morgan fingerprint density at radius 1 is 1.07 bits per heavy atom. The number of aromatic nitrogens is 3. The number of nitrogens with one attached hydrogen (secondary N) is 1. The summed E-state index contributed by atoms with van der Waals surface area (Å²) in [4.78, 5) is 16.3. The Balaban J connectivity index is 1.58. The minimum atomic E-state index is -0.193. The molecule has 0 bridgehead atoms. The van der Waals surface area contributed by atoms with Gasteiger partial charge in [0.2, 0.25) is 0 Å². The van der Waals surface area contributed by atoms with Crippen LogP contribution in [-0.2, 0) is 6.54 Å². The number of carbonyl (C=O) groups is 1. The number of likely N-dealkylation sites (N-methyl/N-ethyl adjacent to an activating group) is 1. The molecular formula is C22H27N5O. The van der Waals surface area contributed by atoms with Crippen LogP contribution in [0.15, 0.2) is 48.5 Å². The van der Waals surface area contributed by atoms with Crippen molar-refractivity contribution in [1.29, 1.82) is 0 Å². The third kappa shape index (κ3) is 4.84. The fraction of sp³-hybridized carbons (Fsp3) is 0.318. The van der Waals surface area contributed by atoms with E-state index >= 15 is 0 Å². The third-order valence-electron chi connectivity index (χ3n) is 4.64. The number of hydrogen-bond acceptors (Lipinski definition) is 4. The zero-order valence-electron chi connectivity index (χ0n) is 16.9. The largest absolute Gasteiger partial charge is 0.349 e. The van der Waals surface area contributed by atoms with Crippen molar-refractivity contribution in [3.8, 4) is 5.69 Å². The molecule has 3 rings (SSSR count). The fourth-order valence-corrected chi connectivity index (χ4v) is 3.14. The summed E-state index contributed by atoms with van der Waals surface area (Å²) in [5, 5.41) is 11.8. The SMILES string of the molecule is Cc1ccc(-n2nc(C)c(C(=O)NCCN(C)Cc3ccccc3)n2)c(C)c1. The molecule has 0 radical (unpaired) electrons. The number of benzene rings is 2. The molecule has 0 aliphatic rings. The quantitative estimate of drug-likeness (QED) is 0.687. The number of hydrogen-bond donors (Lipinski definition) is 1. The fourth-order valence-electron chi connectivity index (χ4n) is 3.14. The molecule has 0 saturated carbocycles. The van der Waals surface area contributed by atoms with Crippen LogP contribution >= 0.6 is 0 Å². The predicted molar refractivity (Wildman–Crippen MR) is 111 cm³/mol. The van der Waals surface area contributed by atoms with E-state index < -0.39 is 0 Å². The van der Waals surface area contributed by atoms with E-state index in [4.69, 9.17) is 0 Å². The Morgan fingerprint density at radius 2 is 1.82 bits per heavy atom. The van der Waals surface area contributed by atoms with E-state index in [2.05, 4.69) is 38.6 Å². The summed E-state index contributed by atoms with van der Waals surface area (Å²) in [5.74, 6) is -0.193. The number of nitrogens with zero attached hydrogens (tertiary/aromatic N) is 4. The molecule has 0 aliphatic heterocycles. The van der Waals surface area contributed by atoms with Crippen LogP contribution < -0.4 is 5.32 Å². The van der Waals surface area contributed by atoms with Gasteiger partial charge in [0, 0.05) is 19.6 Å². The van der Waals surface area contributed by atoms with Gasteiger partial charge in [-0.3, -0.25) is 4.79 Å². The molecular weight excluding hydrogens is 350 g/mol. The summed E-state index contributed by atoms with van der Waals surface area (Å²) in [7, 11) is 2.04. The van der Waals surface area contributed by atoms with Gasteiger partial charge in [-0.15, -0.1) is 5.10 Å². The Morgan fingerprint density at radius 3 is 2.54 bits per heavy atom. The van der Waals surface area contributed by atoms with Crippen molar-refractivity contribution >= 4 is 5.91 Å². The molecule has 0 saturated heterocycles. The standard InChI is InChI=1S/C22H27N5O/c1-16-10-11-20(17(2)14-16)27-24-18(3)21(25-27)22(28)23-12-13-26(4)15-19-8-6-5-7-9-19/h5-11,14H,12-13,15H2,1-4H3,(H,23,28). The molecule has 0 aliphatic carbocycles. The van der Waals surface area contributed by atoms with Gasteiger partial charge in [-0.2, -0.15) is 9.90 Å². The summed E-state index contributed by atoms with van der Waals surface area (Å²) in [6.07, 6.45) is 0. The molecule has 1 N–H and O–H groups in total. The van der Waals surface area contributed by atoms with Crippen molar-refractivity contribution in [3.05, 3.63) is 76.6 Å². The molecule has 1 heterocycles. The number of amides is 1. The Bertz CT molecular complexity index is 949. The first-order valence-electron chi connectivity index (χ1n) is 9.46. The van der Waals surface area contributed by atoms with E-state index in [0.29, 0.717) is 17.9 Å². The van der Waals surface area contributed by atoms with Crippen LogP contribution in [0.2, 0.25) is 0 Å². The lowest BCUT2D eigenvalue weighted by Crippen LogP contribution is -2.33. The Kier molecular flexibility index (Phi) is 6.21. The average molecular weight is 377 g/mol. The molecule has 28 heavy (non-hydrogen) atoms. The topological polar surface area (TPSA) is 63.1 Å². The van der Waals surface area contributed by atoms with Crippen molar-refractivity contribution in [1.82, 2.24) is 25.2 Å². The molecule has 6 nitrogen and oxygen atoms in total. The monoisotopic (exact) mass is 377 g/mol. The Hall–Kier alpha value is -2.99. The highest BCUT2D eigenvalue weighted by Crippen LogP contribution is 2.15. The summed E-state index contributed by atoms with van der Waals surface area (Å²) >= 11 is 0. The van der Waals surface area contributed by atoms with E-state index in [-0.39, 0.29) is 5.91 Å². The lowest BCUT2D eigenvalue weighted by atomic mass is 10.1. The maximum atomic E-state index is 12.5. The van der Waals surface area contributed by atoms with Crippen LogP contribution in [0.3, 0.4) is 0 Å². The van der Waals surface area contributed by atoms with Gasteiger partial charge in [-0.1, -0.05) is 48.0 Å². The normalized spacial score (nSPS) is 11.0. The average Bonchev–Trinajstić information content (AvgIpc) is 3.04. The number of carbonyl (C=O) groups excluding carboxylic acids is 1. The van der Waals surface area contributed by atoms with Gasteiger partial charge in [0.05, 0.1) is 11.4 Å². The van der Waals surface area contributed by atoms with Crippen LogP contribution in [0.25, 0.3) is 5.69 Å². The van der Waals surface area contributed by atoms with Crippen molar-refractivity contribution < 1.29 is 4.79 Å². The molecule has 146 valence electrons. The van der Waals surface area contributed by atoms with Gasteiger partial charge in [0.1, 0.15) is 0 Å². The molecule has 0 fully saturated rings. The molecule has 0 unspecified atom stereocenters. The lowest BCUT2D eigenvalue weighted by Gasteiger charge is -2.16. The minimum absolute atomic E-state index is 0.193. The summed E-state index contributed by atoms with van der Waals surface area (Å²) in [5.41, 5.74) is 5.38. The predicted octanol–water partition coefficient (Wildman–Crippen LogP) is 3.05. The van der Waals surface area contributed by atoms with Gasteiger partial charge in [0.15, 0.2) is 5.69 Å². The van der Waals surface area contributed by atoms with Gasteiger partial charge in [0.25, 0.3) is 5.91 Å². The smallest absolute Gasteiger partial charge is 0.273 e. The van der Waals surface area contributed by atoms with Crippen molar-refractivity contribution in [2.45, 2.75) is 27.3 Å². The van der Waals surface area contributed by atoms with E-state index in [1.165, 1.54) is 11.1 Å². The minimum Gasteiger partial charge on any atom is -0.349 e. The first-order chi connectivity index (χ1) is 13.4. The molecule has 2 aromatic carbocycles. The molecule has 0 spiro atoms. The van der Waals surface area contributed by atoms with Gasteiger partial charge < -0.3 is 10.2 Å².